The number of ether oxygens (including phenoxy) is 4. The van der Waals surface area contributed by atoms with Crippen molar-refractivity contribution in [1.29, 1.82) is 0 Å². The molecule has 4 aromatic carbocycles. The number of piperidine rings is 2. The Balaban J connectivity index is 0.000000175. The number of anilines is 2. The van der Waals surface area contributed by atoms with Gasteiger partial charge in [0.05, 0.1) is 35.1 Å². The highest BCUT2D eigenvalue weighted by molar-refractivity contribution is 7.91. The molecule has 2 spiro atoms. The molecule has 2 N–H and O–H groups in total. The highest BCUT2D eigenvalue weighted by atomic mass is 35.5. The molecule has 4 saturated heterocycles. The van der Waals surface area contributed by atoms with Crippen molar-refractivity contribution in [3.05, 3.63) is 141 Å². The summed E-state index contributed by atoms with van der Waals surface area (Å²) >= 11 is 13.0. The van der Waals surface area contributed by atoms with E-state index in [4.69, 9.17) is 42.1 Å². The van der Waals surface area contributed by atoms with E-state index in [0.717, 1.165) is 102 Å². The normalized spacial score (nSPS) is 35.6. The number of sulfonamides is 2. The average Bonchev–Trinajstić information content (AvgIpc) is 1.41. The molecule has 4 aromatic rings. The highest BCUT2D eigenvalue weighted by Crippen LogP contribution is 2.53. The van der Waals surface area contributed by atoms with Gasteiger partial charge in [0, 0.05) is 176 Å². The second kappa shape index (κ2) is 31.2. The lowest BCUT2D eigenvalue weighted by atomic mass is 9.63. The molecule has 18 nitrogen and oxygen atoms in total. The third-order valence-corrected chi connectivity index (χ3v) is 32.4. The molecule has 2 amide bonds. The third-order valence-electron chi connectivity index (χ3n) is 28.1. The molecule has 1 unspecified atom stereocenters. The summed E-state index contributed by atoms with van der Waals surface area (Å²) < 4.78 is 144. The minimum absolute atomic E-state index is 0.0826. The first-order valence-electron chi connectivity index (χ1n) is 40.3. The van der Waals surface area contributed by atoms with Crippen molar-refractivity contribution in [3.8, 4) is 11.5 Å². The molecule has 14 atom stereocenters. The standard InChI is InChI=1S/2C42H55ClF2N4O5S/c2*1-28-6-4-15-41(53-3,26-47-18-19-48-17-16-42(44,45)22-34(48)24-47)36-11-8-32(36)23-49-25-40(14-5-7-30-20-33(43)10-12-35(30)40)27-54-38-13-9-31(21-37(38)49)39(50)46-55(51,52)29(28)2/h2*4,9-10,12-13,15,20-21,28-29,32,34,36H,5-8,11,14,16-19,22-27H2,1-3H3,(H,46,50)/b2*15-4+/t28-,29+,32-,34?,36+,40-,41+;28-,29+,32-,34+,36+,40-,41+/m00/s1. The van der Waals surface area contributed by atoms with E-state index in [-0.39, 0.29) is 95.2 Å². The first-order chi connectivity index (χ1) is 52.4. The minimum Gasteiger partial charge on any atom is -0.490 e. The van der Waals surface area contributed by atoms with Gasteiger partial charge in [-0.05, 0) is 209 Å². The van der Waals surface area contributed by atoms with Gasteiger partial charge in [-0.3, -0.25) is 29.2 Å². The lowest BCUT2D eigenvalue weighted by Gasteiger charge is -2.53. The number of piperazine rings is 2. The number of nitrogens with one attached hydrogen (secondary N) is 2. The van der Waals surface area contributed by atoms with E-state index in [1.165, 1.54) is 22.3 Å². The Morgan fingerprint density at radius 1 is 0.527 bits per heavy atom. The number of allylic oxidation sites excluding steroid dienone is 2. The Labute approximate surface area is 657 Å². The van der Waals surface area contributed by atoms with E-state index in [1.807, 2.05) is 38.1 Å². The Kier molecular flexibility index (Phi) is 22.6. The summed E-state index contributed by atoms with van der Waals surface area (Å²) in [5.74, 6) is -5.18. The van der Waals surface area contributed by atoms with Crippen molar-refractivity contribution in [2.75, 3.05) is 129 Å². The molecule has 8 aliphatic heterocycles. The number of nitrogens with zero attached hydrogens (tertiary/aromatic N) is 6. The predicted octanol–water partition coefficient (Wildman–Crippen LogP) is 13.4. The average molecular weight is 1600 g/mol. The number of hydrogen-bond donors (Lipinski definition) is 2. The fraction of sp³-hybridized carbons (Fsp3) is 0.643. The second-order valence-corrected chi connectivity index (χ2v) is 39.8. The van der Waals surface area contributed by atoms with Crippen LogP contribution in [-0.4, -0.2) is 213 Å². The van der Waals surface area contributed by atoms with Gasteiger partial charge < -0.3 is 28.7 Å². The zero-order valence-electron chi connectivity index (χ0n) is 64.5. The van der Waals surface area contributed by atoms with Gasteiger partial charge in [-0.1, -0.05) is 73.5 Å². The smallest absolute Gasteiger partial charge is 0.264 e. The van der Waals surface area contributed by atoms with Gasteiger partial charge in [0.25, 0.3) is 23.7 Å². The van der Waals surface area contributed by atoms with Crippen LogP contribution >= 0.6 is 23.2 Å². The first kappa shape index (κ1) is 79.7. The van der Waals surface area contributed by atoms with Gasteiger partial charge in [-0.15, -0.1) is 0 Å². The van der Waals surface area contributed by atoms with Crippen molar-refractivity contribution >= 4 is 66.4 Å². The zero-order chi connectivity index (χ0) is 77.5. The maximum Gasteiger partial charge on any atom is 0.264 e. The second-order valence-electron chi connectivity index (χ2n) is 34.8. The van der Waals surface area contributed by atoms with Crippen LogP contribution in [0.1, 0.15) is 161 Å². The van der Waals surface area contributed by atoms with E-state index in [2.05, 4.69) is 75.3 Å². The molecule has 16 rings (SSSR count). The summed E-state index contributed by atoms with van der Waals surface area (Å²) in [6, 6.07) is 22.5. The lowest BCUT2D eigenvalue weighted by molar-refractivity contribution is -0.119. The Hall–Kier alpha value is -5.54. The molecule has 26 heteroatoms. The Bertz CT molecular complexity index is 4140. The van der Waals surface area contributed by atoms with Crippen molar-refractivity contribution in [1.82, 2.24) is 29.0 Å². The summed E-state index contributed by atoms with van der Waals surface area (Å²) in [6.45, 7) is 16.8. The zero-order valence-corrected chi connectivity index (χ0v) is 67.6. The number of halogens is 6. The number of amides is 2. The molecular formula is C84H110Cl2F4N8O10S2. The van der Waals surface area contributed by atoms with Crippen LogP contribution in [0, 0.1) is 35.5 Å². The maximum atomic E-state index is 14.6. The summed E-state index contributed by atoms with van der Waals surface area (Å²) in [5, 5.41) is -0.256. The van der Waals surface area contributed by atoms with Gasteiger partial charge in [0.1, 0.15) is 22.7 Å². The van der Waals surface area contributed by atoms with Crippen LogP contribution in [-0.2, 0) is 53.2 Å². The minimum atomic E-state index is -4.02. The van der Waals surface area contributed by atoms with Gasteiger partial charge >= 0.3 is 0 Å². The van der Waals surface area contributed by atoms with Crippen molar-refractivity contribution in [2.45, 2.75) is 187 Å². The number of benzene rings is 4. The number of methoxy groups -OCH3 is 2. The van der Waals surface area contributed by atoms with Crippen LogP contribution in [0.15, 0.2) is 97.1 Å². The van der Waals surface area contributed by atoms with E-state index in [9.17, 15) is 44.0 Å². The molecule has 6 fully saturated rings. The monoisotopic (exact) mass is 1600 g/mol. The lowest BCUT2D eigenvalue weighted by Crippen LogP contribution is -2.62. The molecule has 4 aliphatic carbocycles. The van der Waals surface area contributed by atoms with E-state index >= 15 is 0 Å². The number of fused-ring (bicyclic) bond motifs is 10. The summed E-state index contributed by atoms with van der Waals surface area (Å²) in [7, 11) is -4.52. The van der Waals surface area contributed by atoms with Crippen LogP contribution in [0.2, 0.25) is 10.0 Å². The molecule has 12 aliphatic rings. The van der Waals surface area contributed by atoms with Crippen LogP contribution in [0.25, 0.3) is 0 Å². The Morgan fingerprint density at radius 3 is 1.34 bits per heavy atom. The molecule has 0 radical (unpaired) electrons. The number of alkyl halides is 4. The van der Waals surface area contributed by atoms with Crippen LogP contribution < -0.4 is 28.7 Å². The fourth-order valence-corrected chi connectivity index (χ4v) is 24.0. The van der Waals surface area contributed by atoms with Crippen molar-refractivity contribution in [3.63, 3.8) is 0 Å². The molecule has 110 heavy (non-hydrogen) atoms. The van der Waals surface area contributed by atoms with Crippen molar-refractivity contribution in [2.24, 2.45) is 35.5 Å². The van der Waals surface area contributed by atoms with Gasteiger partial charge in [-0.2, -0.15) is 0 Å². The number of carbonyl (C=O) groups excluding carboxylic acids is 2. The first-order valence-corrected chi connectivity index (χ1v) is 44.1. The summed E-state index contributed by atoms with van der Waals surface area (Å²) in [5.41, 5.74) is 4.94. The van der Waals surface area contributed by atoms with Crippen LogP contribution in [0.5, 0.6) is 11.5 Å². The SMILES string of the molecule is CO[C@@]1(CN2CCN3CCC(F)(F)CC3C2)/C=C/C[C@H](C)[C@@H](C)S(=O)(=O)NC(=O)c2ccc3c(c2)N(C[C@@H]2CC[C@H]21)C[C@@]1(CCCc2cc(Cl)ccc21)CO3.CO[C@@]1(CN2CCN3CCC(F)(F)C[C@@H]3C2)/C=C/C[C@H](C)[C@@H](C)S(=O)(=O)NC(=O)c2ccc3c(c2)N(C[C@@H]2CC[C@H]21)C[C@@]1(CCCc2cc(Cl)ccc21)CO3. The fourth-order valence-electron chi connectivity index (χ4n) is 21.0. The van der Waals surface area contributed by atoms with Gasteiger partial charge in [-0.25, -0.2) is 43.8 Å². The quantitative estimate of drug-likeness (QED) is 0.137. The summed E-state index contributed by atoms with van der Waals surface area (Å²) in [6.07, 6.45) is 18.5. The van der Waals surface area contributed by atoms with Gasteiger partial charge in [0.2, 0.25) is 20.0 Å². The third kappa shape index (κ3) is 16.0. The largest absolute Gasteiger partial charge is 0.490 e. The van der Waals surface area contributed by atoms with Crippen molar-refractivity contribution < 1.29 is 62.9 Å². The molecule has 0 aromatic heterocycles. The topological polar surface area (TPSA) is 183 Å². The molecule has 4 bridgehead atoms. The summed E-state index contributed by atoms with van der Waals surface area (Å²) in [4.78, 5) is 41.1. The van der Waals surface area contributed by atoms with E-state index in [1.54, 1.807) is 64.5 Å². The molecule has 8 heterocycles. The van der Waals surface area contributed by atoms with Crippen LogP contribution in [0.4, 0.5) is 28.9 Å². The highest BCUT2D eigenvalue weighted by Gasteiger charge is 2.55. The Morgan fingerprint density at radius 2 is 0.945 bits per heavy atom. The number of hydrogen-bond acceptors (Lipinski definition) is 16. The maximum absolute atomic E-state index is 14.6. The molecule has 600 valence electrons. The molecular weight excluding hydrogens is 1490 g/mol. The van der Waals surface area contributed by atoms with Crippen LogP contribution in [0.3, 0.4) is 0 Å². The van der Waals surface area contributed by atoms with Gasteiger partial charge in [0.15, 0.2) is 0 Å². The number of aryl methyl sites for hydroxylation is 2. The van der Waals surface area contributed by atoms with E-state index in [0.29, 0.717) is 113 Å². The number of carbonyl (C=O) groups is 2. The van der Waals surface area contributed by atoms with E-state index < -0.39 is 65.4 Å². The molecule has 2 saturated carbocycles. The number of rotatable bonds is 6. The predicted molar refractivity (Wildman–Crippen MR) is 422 cm³/mol.